The van der Waals surface area contributed by atoms with E-state index in [9.17, 15) is 5.11 Å². The fraction of sp³-hybridized carbons (Fsp3) is 1.00. The Bertz CT molecular complexity index is 292. The van der Waals surface area contributed by atoms with E-state index < -0.39 is 6.10 Å². The lowest BCUT2D eigenvalue weighted by molar-refractivity contribution is 0.128. The van der Waals surface area contributed by atoms with E-state index in [1.165, 1.54) is 128 Å². The van der Waals surface area contributed by atoms with Crippen molar-refractivity contribution >= 4 is 11.6 Å². The smallest absolute Gasteiger partial charge is 0.0703 e. The van der Waals surface area contributed by atoms with Crippen LogP contribution in [0.5, 0.6) is 0 Å². The van der Waals surface area contributed by atoms with Gasteiger partial charge in [-0.15, -0.1) is 11.6 Å². The predicted octanol–water partition coefficient (Wildman–Crippen LogP) is 9.97. The van der Waals surface area contributed by atoms with Crippen LogP contribution in [0.1, 0.15) is 162 Å². The number of aliphatic hydroxyl groups excluding tert-OH is 1. The summed E-state index contributed by atoms with van der Waals surface area (Å²) in [5, 5.41) is 10.2. The Balaban J connectivity index is 3.64. The number of halogens is 1. The van der Waals surface area contributed by atoms with Crippen molar-refractivity contribution in [1.82, 2.24) is 0 Å². The second-order valence-corrected chi connectivity index (χ2v) is 10.3. The summed E-state index contributed by atoms with van der Waals surface area (Å²) in [5.41, 5.74) is 0. The topological polar surface area (TPSA) is 20.2 Å². The Morgan fingerprint density at radius 2 is 0.759 bits per heavy atom. The molecule has 1 N–H and O–H groups in total. The molecule has 0 heterocycles. The largest absolute Gasteiger partial charge is 0.392 e. The monoisotopic (exact) mass is 430 g/mol. The van der Waals surface area contributed by atoms with E-state index in [1.54, 1.807) is 0 Å². The summed E-state index contributed by atoms with van der Waals surface area (Å²) in [6.45, 7) is 6.45. The second kappa shape index (κ2) is 21.5. The molecule has 0 aliphatic heterocycles. The number of hydrogen-bond donors (Lipinski definition) is 1. The third-order valence-electron chi connectivity index (χ3n) is 6.64. The normalized spacial score (nSPS) is 13.1. The van der Waals surface area contributed by atoms with Crippen molar-refractivity contribution in [2.45, 2.75) is 173 Å². The predicted molar refractivity (Wildman–Crippen MR) is 133 cm³/mol. The summed E-state index contributed by atoms with van der Waals surface area (Å²) >= 11 is 6.85. The minimum absolute atomic E-state index is 0.389. The first-order valence-electron chi connectivity index (χ1n) is 13.4. The molecule has 1 unspecified atom stereocenters. The Labute approximate surface area is 189 Å². The fourth-order valence-electron chi connectivity index (χ4n) is 4.36. The van der Waals surface area contributed by atoms with Crippen LogP contribution < -0.4 is 0 Å². The highest BCUT2D eigenvalue weighted by atomic mass is 35.5. The first kappa shape index (κ1) is 29.2. The minimum Gasteiger partial charge on any atom is -0.392 e. The highest BCUT2D eigenvalue weighted by Crippen LogP contribution is 2.33. The van der Waals surface area contributed by atoms with Crippen molar-refractivity contribution in [3.63, 3.8) is 0 Å². The van der Waals surface area contributed by atoms with Gasteiger partial charge in [-0.3, -0.25) is 0 Å². The van der Waals surface area contributed by atoms with Crippen LogP contribution in [-0.2, 0) is 0 Å². The fourth-order valence-corrected chi connectivity index (χ4v) is 4.62. The number of aliphatic hydroxyl groups is 1. The Morgan fingerprint density at radius 1 is 0.517 bits per heavy atom. The molecule has 0 bridgehead atoms. The van der Waals surface area contributed by atoms with Crippen LogP contribution in [0.4, 0.5) is 0 Å². The van der Waals surface area contributed by atoms with E-state index in [0.717, 1.165) is 12.8 Å². The molecule has 0 rings (SSSR count). The molecule has 0 aliphatic carbocycles. The molecule has 0 saturated carbocycles. The zero-order valence-corrected chi connectivity index (χ0v) is 21.2. The molecule has 29 heavy (non-hydrogen) atoms. The molecular weight excluding hydrogens is 376 g/mol. The van der Waals surface area contributed by atoms with Crippen LogP contribution in [0.2, 0.25) is 0 Å². The van der Waals surface area contributed by atoms with Gasteiger partial charge in [0, 0.05) is 0 Å². The lowest BCUT2D eigenvalue weighted by atomic mass is 9.89. The molecule has 0 radical (unpaired) electrons. The summed E-state index contributed by atoms with van der Waals surface area (Å²) in [6.07, 6.45) is 28.6. The van der Waals surface area contributed by atoms with Crippen LogP contribution in [0.15, 0.2) is 0 Å². The number of alkyl halides is 1. The molecule has 176 valence electrons. The molecule has 0 spiro atoms. The molecular formula is C27H55ClO. The maximum absolute atomic E-state index is 10.2. The van der Waals surface area contributed by atoms with Crippen molar-refractivity contribution in [3.8, 4) is 0 Å². The Hall–Kier alpha value is 0.250. The van der Waals surface area contributed by atoms with Crippen LogP contribution in [0, 0.1) is 0 Å². The van der Waals surface area contributed by atoms with Gasteiger partial charge in [0.05, 0.1) is 11.0 Å². The van der Waals surface area contributed by atoms with Gasteiger partial charge in [-0.25, -0.2) is 0 Å². The van der Waals surface area contributed by atoms with Crippen molar-refractivity contribution in [2.75, 3.05) is 0 Å². The lowest BCUT2D eigenvalue weighted by Crippen LogP contribution is -2.34. The maximum atomic E-state index is 10.2. The van der Waals surface area contributed by atoms with Crippen molar-refractivity contribution in [3.05, 3.63) is 0 Å². The van der Waals surface area contributed by atoms with Gasteiger partial charge < -0.3 is 5.11 Å². The summed E-state index contributed by atoms with van der Waals surface area (Å²) < 4.78 is 0. The molecule has 0 saturated heterocycles. The zero-order valence-electron chi connectivity index (χ0n) is 20.5. The summed E-state index contributed by atoms with van der Waals surface area (Å²) in [6, 6.07) is 0. The van der Waals surface area contributed by atoms with Crippen LogP contribution >= 0.6 is 11.6 Å². The Kier molecular flexibility index (Phi) is 21.7. The average molecular weight is 431 g/mol. The maximum Gasteiger partial charge on any atom is 0.0703 e. The van der Waals surface area contributed by atoms with Gasteiger partial charge in [0.25, 0.3) is 0 Å². The van der Waals surface area contributed by atoms with Gasteiger partial charge in [-0.1, -0.05) is 142 Å². The highest BCUT2D eigenvalue weighted by molar-refractivity contribution is 6.24. The van der Waals surface area contributed by atoms with E-state index >= 15 is 0 Å². The number of unbranched alkanes of at least 4 members (excludes halogenated alkanes) is 18. The van der Waals surface area contributed by atoms with E-state index in [1.807, 2.05) is 6.92 Å². The van der Waals surface area contributed by atoms with Crippen molar-refractivity contribution < 1.29 is 5.11 Å². The molecule has 0 fully saturated rings. The lowest BCUT2D eigenvalue weighted by Gasteiger charge is -2.30. The van der Waals surface area contributed by atoms with Crippen molar-refractivity contribution in [2.24, 2.45) is 0 Å². The van der Waals surface area contributed by atoms with Gasteiger partial charge >= 0.3 is 0 Å². The highest BCUT2D eigenvalue weighted by Gasteiger charge is 2.31. The van der Waals surface area contributed by atoms with E-state index in [-0.39, 0.29) is 4.87 Å². The van der Waals surface area contributed by atoms with E-state index in [4.69, 9.17) is 11.6 Å². The van der Waals surface area contributed by atoms with E-state index in [2.05, 4.69) is 13.8 Å². The van der Waals surface area contributed by atoms with Gasteiger partial charge in [-0.2, -0.15) is 0 Å². The summed E-state index contributed by atoms with van der Waals surface area (Å²) in [7, 11) is 0. The van der Waals surface area contributed by atoms with Gasteiger partial charge in [-0.05, 0) is 19.8 Å². The molecule has 1 atom stereocenters. The molecule has 0 amide bonds. The standard InChI is InChI=1S/C27H55ClO/c1-4-6-8-10-12-14-16-18-20-22-24-27(28,26(3)29)25-23-21-19-17-15-13-11-9-7-5-2/h26,29H,4-25H2,1-3H3. The summed E-state index contributed by atoms with van der Waals surface area (Å²) in [5.74, 6) is 0. The zero-order chi connectivity index (χ0) is 21.6. The molecule has 1 nitrogen and oxygen atoms in total. The van der Waals surface area contributed by atoms with E-state index in [0.29, 0.717) is 0 Å². The quantitative estimate of drug-likeness (QED) is 0.126. The second-order valence-electron chi connectivity index (χ2n) is 9.57. The number of rotatable bonds is 23. The molecule has 0 aromatic carbocycles. The third kappa shape index (κ3) is 18.7. The van der Waals surface area contributed by atoms with Crippen LogP contribution in [0.3, 0.4) is 0 Å². The molecule has 0 aliphatic rings. The SMILES string of the molecule is CCCCCCCCCCCCC(Cl)(CCCCCCCCCCCC)C(C)O. The van der Waals surface area contributed by atoms with Gasteiger partial charge in [0.2, 0.25) is 0 Å². The minimum atomic E-state index is -0.402. The first-order chi connectivity index (χ1) is 14.1. The first-order valence-corrected chi connectivity index (χ1v) is 13.8. The number of hydrogen-bond acceptors (Lipinski definition) is 1. The third-order valence-corrected chi connectivity index (χ3v) is 7.33. The summed E-state index contributed by atoms with van der Waals surface area (Å²) in [4.78, 5) is -0.389. The molecule has 0 aromatic rings. The van der Waals surface area contributed by atoms with Crippen LogP contribution in [0.25, 0.3) is 0 Å². The van der Waals surface area contributed by atoms with Crippen LogP contribution in [-0.4, -0.2) is 16.1 Å². The van der Waals surface area contributed by atoms with Gasteiger partial charge in [0.1, 0.15) is 0 Å². The average Bonchev–Trinajstić information content (AvgIpc) is 2.70. The Morgan fingerprint density at radius 3 is 1.00 bits per heavy atom. The molecule has 2 heteroatoms. The molecule has 0 aromatic heterocycles. The van der Waals surface area contributed by atoms with Gasteiger partial charge in [0.15, 0.2) is 0 Å². The van der Waals surface area contributed by atoms with Crippen molar-refractivity contribution in [1.29, 1.82) is 0 Å².